The van der Waals surface area contributed by atoms with E-state index in [9.17, 15) is 0 Å². The molecule has 2 nitrogen and oxygen atoms in total. The fourth-order valence-electron chi connectivity index (χ4n) is 13.4. The lowest BCUT2D eigenvalue weighted by atomic mass is 9.67. The molecule has 0 bridgehead atoms. The Balaban J connectivity index is 0.886. The summed E-state index contributed by atoms with van der Waals surface area (Å²) in [5, 5.41) is 10.3. The molecule has 14 aromatic rings. The van der Waals surface area contributed by atoms with Gasteiger partial charge in [0.05, 0.1) is 27.5 Å². The van der Waals surface area contributed by atoms with E-state index in [1.54, 1.807) is 0 Å². The number of benzene rings is 12. The Hall–Kier alpha value is -9.54. The summed E-state index contributed by atoms with van der Waals surface area (Å²) in [7, 11) is -2.77. The van der Waals surface area contributed by atoms with Crippen molar-refractivity contribution in [1.29, 1.82) is 0 Å². The van der Waals surface area contributed by atoms with Crippen molar-refractivity contribution >= 4 is 72.4 Å². The van der Waals surface area contributed by atoms with Crippen LogP contribution in [0.4, 0.5) is 0 Å². The molecular weight excluding hydrogens is 933 g/mol. The summed E-state index contributed by atoms with van der Waals surface area (Å²) in [6.07, 6.45) is 0. The van der Waals surface area contributed by atoms with Crippen LogP contribution in [0, 0.1) is 0 Å². The first-order chi connectivity index (χ1) is 37.7. The van der Waals surface area contributed by atoms with Crippen LogP contribution < -0.4 is 20.7 Å². The molecule has 0 radical (unpaired) electrons. The molecule has 0 fully saturated rings. The summed E-state index contributed by atoms with van der Waals surface area (Å²) in [6.45, 7) is 0. The normalized spacial score (nSPS) is 12.8. The maximum atomic E-state index is 2.48. The Morgan fingerprint density at radius 3 is 1.26 bits per heavy atom. The highest BCUT2D eigenvalue weighted by Gasteiger charge is 2.46. The standard InChI is InChI=1S/C73H50N2Si/c1-6-23-53(24-7-1)73(54-25-8-2-9-26-54)67-38-19-16-35-61(67)62-44-41-52(48-68(62)73)51-42-45-71-65(47-51)63-36-17-20-39-69(63)75(71)56-43-46-72-66(50-56)64-37-18-21-40-70(64)74(72)55-27-22-34-60(49-55)76(57-28-10-3-11-29-57,58-30-12-4-13-31-58)59-32-14-5-15-33-59/h1-50H. The fourth-order valence-corrected chi connectivity index (χ4v) is 18.2. The smallest absolute Gasteiger partial charge is 0.179 e. The second-order valence-corrected chi connectivity index (χ2v) is 24.1. The van der Waals surface area contributed by atoms with Gasteiger partial charge in [0, 0.05) is 32.9 Å². The predicted octanol–water partition coefficient (Wildman–Crippen LogP) is 15.3. The van der Waals surface area contributed by atoms with Crippen molar-refractivity contribution in [3.05, 3.63) is 326 Å². The van der Waals surface area contributed by atoms with Crippen molar-refractivity contribution in [1.82, 2.24) is 9.13 Å². The van der Waals surface area contributed by atoms with Crippen LogP contribution in [0.5, 0.6) is 0 Å². The SMILES string of the molecule is c1ccc(C2(c3ccccc3)c3ccccc3-c3ccc(-c4ccc5c(c4)c4ccccc4n5-c4ccc5c(c4)c4ccccc4n5-c4cccc([Si](c5ccccc5)(c5ccccc5)c5ccccc5)c4)cc32)cc1. The average molecular weight is 983 g/mol. The van der Waals surface area contributed by atoms with Crippen LogP contribution >= 0.6 is 0 Å². The summed E-state index contributed by atoms with van der Waals surface area (Å²) in [4.78, 5) is 0. The van der Waals surface area contributed by atoms with E-state index in [1.165, 1.54) is 109 Å². The molecule has 0 N–H and O–H groups in total. The molecular formula is C73H50N2Si. The Morgan fingerprint density at radius 2 is 0.671 bits per heavy atom. The van der Waals surface area contributed by atoms with Gasteiger partial charge in [-0.1, -0.05) is 243 Å². The number of fused-ring (bicyclic) bond motifs is 9. The number of nitrogens with zero attached hydrogens (tertiary/aromatic N) is 2. The van der Waals surface area contributed by atoms with Crippen molar-refractivity contribution in [2.75, 3.05) is 0 Å². The van der Waals surface area contributed by atoms with Gasteiger partial charge in [-0.3, -0.25) is 0 Å². The Bertz CT molecular complexity index is 4360. The van der Waals surface area contributed by atoms with Gasteiger partial charge in [0.25, 0.3) is 0 Å². The third-order valence-electron chi connectivity index (χ3n) is 16.5. The molecule has 2 aromatic heterocycles. The van der Waals surface area contributed by atoms with Crippen LogP contribution in [0.3, 0.4) is 0 Å². The van der Waals surface area contributed by atoms with E-state index in [4.69, 9.17) is 0 Å². The van der Waals surface area contributed by atoms with Gasteiger partial charge < -0.3 is 9.13 Å². The van der Waals surface area contributed by atoms with Crippen LogP contribution in [0.25, 0.3) is 77.2 Å². The van der Waals surface area contributed by atoms with E-state index in [-0.39, 0.29) is 0 Å². The van der Waals surface area contributed by atoms with E-state index >= 15 is 0 Å². The van der Waals surface area contributed by atoms with Gasteiger partial charge in [0.1, 0.15) is 0 Å². The van der Waals surface area contributed by atoms with Gasteiger partial charge in [0.15, 0.2) is 8.07 Å². The zero-order valence-electron chi connectivity index (χ0n) is 41.8. The Morgan fingerprint density at radius 1 is 0.250 bits per heavy atom. The lowest BCUT2D eigenvalue weighted by Crippen LogP contribution is -2.74. The Kier molecular flexibility index (Phi) is 10.2. The topological polar surface area (TPSA) is 9.86 Å². The summed E-state index contributed by atoms with van der Waals surface area (Å²) in [6, 6.07) is 113. The molecule has 12 aromatic carbocycles. The first-order valence-electron chi connectivity index (χ1n) is 26.4. The molecule has 15 rings (SSSR count). The molecule has 2 heterocycles. The average Bonchev–Trinajstić information content (AvgIpc) is 4.19. The van der Waals surface area contributed by atoms with Crippen LogP contribution in [-0.2, 0) is 5.41 Å². The Labute approximate surface area is 443 Å². The summed E-state index contributed by atoms with van der Waals surface area (Å²) in [5.74, 6) is 0. The predicted molar refractivity (Wildman–Crippen MR) is 321 cm³/mol. The molecule has 0 unspecified atom stereocenters. The molecule has 76 heavy (non-hydrogen) atoms. The van der Waals surface area contributed by atoms with Crippen molar-refractivity contribution < 1.29 is 0 Å². The zero-order valence-corrected chi connectivity index (χ0v) is 42.8. The monoisotopic (exact) mass is 982 g/mol. The maximum absolute atomic E-state index is 2.77. The second kappa shape index (κ2) is 17.6. The van der Waals surface area contributed by atoms with Crippen LogP contribution in [0.2, 0.25) is 0 Å². The summed E-state index contributed by atoms with van der Waals surface area (Å²) in [5.41, 5.74) is 16.7. The summed E-state index contributed by atoms with van der Waals surface area (Å²) >= 11 is 0. The van der Waals surface area contributed by atoms with Crippen LogP contribution in [0.1, 0.15) is 22.3 Å². The highest BCUT2D eigenvalue weighted by Crippen LogP contribution is 2.57. The molecule has 0 spiro atoms. The van der Waals surface area contributed by atoms with Gasteiger partial charge in [0.2, 0.25) is 0 Å². The number of aromatic nitrogens is 2. The van der Waals surface area contributed by atoms with Gasteiger partial charge in [-0.25, -0.2) is 0 Å². The van der Waals surface area contributed by atoms with E-state index in [0.29, 0.717) is 0 Å². The van der Waals surface area contributed by atoms with E-state index in [1.807, 2.05) is 0 Å². The molecule has 1 aliphatic rings. The summed E-state index contributed by atoms with van der Waals surface area (Å²) < 4.78 is 4.95. The molecule has 1 aliphatic carbocycles. The van der Waals surface area contributed by atoms with Gasteiger partial charge in [-0.05, 0) is 126 Å². The van der Waals surface area contributed by atoms with Crippen molar-refractivity contribution in [3.63, 3.8) is 0 Å². The zero-order chi connectivity index (χ0) is 50.2. The molecule has 356 valence electrons. The number of rotatable bonds is 9. The molecule has 3 heteroatoms. The van der Waals surface area contributed by atoms with Crippen LogP contribution in [0.15, 0.2) is 303 Å². The van der Waals surface area contributed by atoms with Gasteiger partial charge in [-0.2, -0.15) is 0 Å². The van der Waals surface area contributed by atoms with Crippen molar-refractivity contribution in [2.24, 2.45) is 0 Å². The minimum absolute atomic E-state index is 0.464. The minimum atomic E-state index is -2.77. The van der Waals surface area contributed by atoms with Crippen molar-refractivity contribution in [2.45, 2.75) is 5.41 Å². The minimum Gasteiger partial charge on any atom is -0.309 e. The number of hydrogen-bond acceptors (Lipinski definition) is 0. The third kappa shape index (κ3) is 6.46. The van der Waals surface area contributed by atoms with Gasteiger partial charge >= 0.3 is 0 Å². The van der Waals surface area contributed by atoms with E-state index in [0.717, 1.165) is 11.4 Å². The molecule has 0 saturated heterocycles. The molecule has 0 saturated carbocycles. The first kappa shape index (κ1) is 44.0. The first-order valence-corrected chi connectivity index (χ1v) is 28.4. The second-order valence-electron chi connectivity index (χ2n) is 20.3. The van der Waals surface area contributed by atoms with E-state index in [2.05, 4.69) is 312 Å². The number of para-hydroxylation sites is 2. The maximum Gasteiger partial charge on any atom is 0.179 e. The molecule has 0 atom stereocenters. The molecule has 0 aliphatic heterocycles. The van der Waals surface area contributed by atoms with Gasteiger partial charge in [-0.15, -0.1) is 0 Å². The van der Waals surface area contributed by atoms with Crippen LogP contribution in [-0.4, -0.2) is 17.2 Å². The highest BCUT2D eigenvalue weighted by atomic mass is 28.3. The fraction of sp³-hybridized carbons (Fsp3) is 0.0137. The lowest BCUT2D eigenvalue weighted by molar-refractivity contribution is 0.769. The number of hydrogen-bond donors (Lipinski definition) is 0. The van der Waals surface area contributed by atoms with Crippen molar-refractivity contribution in [3.8, 4) is 33.6 Å². The lowest BCUT2D eigenvalue weighted by Gasteiger charge is -2.34. The molecule has 0 amide bonds. The highest BCUT2D eigenvalue weighted by molar-refractivity contribution is 7.19. The third-order valence-corrected chi connectivity index (χ3v) is 21.3. The largest absolute Gasteiger partial charge is 0.309 e. The quantitative estimate of drug-likeness (QED) is 0.101. The van der Waals surface area contributed by atoms with E-state index < -0.39 is 13.5 Å².